The van der Waals surface area contributed by atoms with Gasteiger partial charge in [0.25, 0.3) is 0 Å². The summed E-state index contributed by atoms with van der Waals surface area (Å²) in [6.07, 6.45) is 1.35. The molecule has 0 N–H and O–H groups in total. The van der Waals surface area contributed by atoms with E-state index in [1.54, 1.807) is 7.11 Å². The monoisotopic (exact) mass is 355 g/mol. The number of hydrogen-bond acceptors (Lipinski definition) is 5. The van der Waals surface area contributed by atoms with Crippen molar-refractivity contribution in [3.63, 3.8) is 0 Å². The van der Waals surface area contributed by atoms with Gasteiger partial charge in [-0.3, -0.25) is 19.4 Å². The van der Waals surface area contributed by atoms with Crippen molar-refractivity contribution >= 4 is 11.8 Å². The highest BCUT2D eigenvalue weighted by Gasteiger charge is 2.61. The second kappa shape index (κ2) is 7.08. The quantitative estimate of drug-likeness (QED) is 0.810. The van der Waals surface area contributed by atoms with E-state index in [0.29, 0.717) is 32.4 Å². The molecule has 2 amide bonds. The molecule has 2 unspecified atom stereocenters. The Morgan fingerprint density at radius 1 is 1.38 bits per heavy atom. The fourth-order valence-electron chi connectivity index (χ4n) is 4.19. The topological polar surface area (TPSA) is 73.6 Å². The van der Waals surface area contributed by atoms with Crippen molar-refractivity contribution in [2.24, 2.45) is 5.92 Å². The Bertz CT molecular complexity index is 738. The number of nitrogens with zero attached hydrogens (tertiary/aromatic N) is 3. The van der Waals surface area contributed by atoms with Gasteiger partial charge >= 0.3 is 0 Å². The average Bonchev–Trinajstić information content (AvgIpc) is 2.98. The maximum absolute atomic E-state index is 12.6. The minimum atomic E-state index is -0.513. The molecule has 0 saturated carbocycles. The van der Waals surface area contributed by atoms with Crippen molar-refractivity contribution in [1.29, 1.82) is 5.26 Å². The smallest absolute Gasteiger partial charge is 0.232 e. The van der Waals surface area contributed by atoms with Crippen LogP contribution in [0.2, 0.25) is 0 Å². The number of nitriles is 1. The van der Waals surface area contributed by atoms with Crippen LogP contribution in [0.3, 0.4) is 0 Å². The van der Waals surface area contributed by atoms with E-state index in [-0.39, 0.29) is 23.8 Å². The first-order valence-corrected chi connectivity index (χ1v) is 9.04. The number of carbonyl (C=O) groups excluding carboxylic acids is 2. The molecule has 0 aliphatic carbocycles. The molecular formula is C20H25N3O3. The molecule has 138 valence electrons. The lowest BCUT2D eigenvalue weighted by Crippen LogP contribution is -2.75. The number of amides is 2. The predicted octanol–water partition coefficient (Wildman–Crippen LogP) is 2.34. The molecule has 1 spiro atoms. The van der Waals surface area contributed by atoms with E-state index in [4.69, 9.17) is 4.74 Å². The van der Waals surface area contributed by atoms with Crippen LogP contribution < -0.4 is 4.74 Å². The van der Waals surface area contributed by atoms with Crippen LogP contribution >= 0.6 is 0 Å². The van der Waals surface area contributed by atoms with Gasteiger partial charge in [-0.1, -0.05) is 26.0 Å². The molecule has 2 aliphatic rings. The minimum Gasteiger partial charge on any atom is -0.497 e. The van der Waals surface area contributed by atoms with Crippen LogP contribution in [0.25, 0.3) is 0 Å². The predicted molar refractivity (Wildman–Crippen MR) is 96.1 cm³/mol. The molecular weight excluding hydrogens is 330 g/mol. The van der Waals surface area contributed by atoms with Crippen molar-refractivity contribution in [1.82, 2.24) is 9.80 Å². The van der Waals surface area contributed by atoms with Crippen LogP contribution in [0.5, 0.6) is 5.75 Å². The molecule has 2 aliphatic heterocycles. The summed E-state index contributed by atoms with van der Waals surface area (Å²) >= 11 is 0. The third kappa shape index (κ3) is 2.97. The minimum absolute atomic E-state index is 0.101. The van der Waals surface area contributed by atoms with Crippen molar-refractivity contribution in [2.75, 3.05) is 13.7 Å². The summed E-state index contributed by atoms with van der Waals surface area (Å²) in [6, 6.07) is 9.98. The van der Waals surface area contributed by atoms with Crippen LogP contribution in [-0.2, 0) is 16.1 Å². The summed E-state index contributed by atoms with van der Waals surface area (Å²) < 4.78 is 5.19. The number of carbonyl (C=O) groups is 2. The van der Waals surface area contributed by atoms with Gasteiger partial charge in [0.1, 0.15) is 5.75 Å². The van der Waals surface area contributed by atoms with Crippen LogP contribution in [0.4, 0.5) is 0 Å². The summed E-state index contributed by atoms with van der Waals surface area (Å²) in [5.74, 6) is 0.347. The van der Waals surface area contributed by atoms with Crippen LogP contribution in [0, 0.1) is 17.2 Å². The third-order valence-electron chi connectivity index (χ3n) is 5.55. The van der Waals surface area contributed by atoms with E-state index < -0.39 is 5.54 Å². The van der Waals surface area contributed by atoms with Crippen LogP contribution in [0.1, 0.15) is 38.7 Å². The van der Waals surface area contributed by atoms with Gasteiger partial charge in [0.2, 0.25) is 11.8 Å². The Labute approximate surface area is 154 Å². The number of benzene rings is 1. The van der Waals surface area contributed by atoms with Gasteiger partial charge in [0, 0.05) is 31.5 Å². The Morgan fingerprint density at radius 3 is 2.65 bits per heavy atom. The first-order chi connectivity index (χ1) is 12.4. The second-order valence-corrected chi connectivity index (χ2v) is 7.46. The fourth-order valence-corrected chi connectivity index (χ4v) is 4.19. The first kappa shape index (κ1) is 18.4. The van der Waals surface area contributed by atoms with Gasteiger partial charge in [0.05, 0.1) is 25.1 Å². The number of rotatable bonds is 5. The van der Waals surface area contributed by atoms with Gasteiger partial charge in [0.15, 0.2) is 0 Å². The standard InChI is InChI=1S/C20H25N3O3/c1-14(2)19(25)23-18(24)8-10-20(23)13-22(17(20)9-11-21)12-15-4-6-16(26-3)7-5-15/h4-7,14,17H,8-10,12-13H2,1-3H3. The molecule has 0 aromatic heterocycles. The van der Waals surface area contributed by atoms with E-state index >= 15 is 0 Å². The highest BCUT2D eigenvalue weighted by atomic mass is 16.5. The Hall–Kier alpha value is -2.39. The normalized spacial score (nSPS) is 25.4. The number of hydrogen-bond donors (Lipinski definition) is 0. The SMILES string of the molecule is COc1ccc(CN2CC3(CCC(=O)N3C(=O)C(C)C)C2CC#N)cc1. The zero-order valence-electron chi connectivity index (χ0n) is 15.6. The summed E-state index contributed by atoms with van der Waals surface area (Å²) in [4.78, 5) is 28.7. The molecule has 2 atom stereocenters. The van der Waals surface area contributed by atoms with E-state index in [1.807, 2.05) is 38.1 Å². The number of ether oxygens (including phenoxy) is 1. The van der Waals surface area contributed by atoms with E-state index in [2.05, 4.69) is 11.0 Å². The molecule has 1 aromatic rings. The number of likely N-dealkylation sites (tertiary alicyclic amines) is 2. The van der Waals surface area contributed by atoms with Crippen molar-refractivity contribution < 1.29 is 14.3 Å². The van der Waals surface area contributed by atoms with Crippen molar-refractivity contribution in [2.45, 2.75) is 51.2 Å². The van der Waals surface area contributed by atoms with Crippen LogP contribution in [0.15, 0.2) is 24.3 Å². The lowest BCUT2D eigenvalue weighted by Gasteiger charge is -2.58. The van der Waals surface area contributed by atoms with Gasteiger partial charge < -0.3 is 4.74 Å². The molecule has 6 heteroatoms. The second-order valence-electron chi connectivity index (χ2n) is 7.46. The Balaban J connectivity index is 1.80. The lowest BCUT2D eigenvalue weighted by atomic mass is 9.75. The van der Waals surface area contributed by atoms with Crippen molar-refractivity contribution in [3.8, 4) is 11.8 Å². The van der Waals surface area contributed by atoms with Gasteiger partial charge in [-0.2, -0.15) is 5.26 Å². The summed E-state index contributed by atoms with van der Waals surface area (Å²) in [7, 11) is 1.63. The van der Waals surface area contributed by atoms with E-state index in [9.17, 15) is 14.9 Å². The lowest BCUT2D eigenvalue weighted by molar-refractivity contribution is -0.164. The molecule has 1 aromatic carbocycles. The molecule has 6 nitrogen and oxygen atoms in total. The molecule has 0 bridgehead atoms. The first-order valence-electron chi connectivity index (χ1n) is 9.04. The molecule has 2 fully saturated rings. The fraction of sp³-hybridized carbons (Fsp3) is 0.550. The van der Waals surface area contributed by atoms with E-state index in [0.717, 1.165) is 11.3 Å². The molecule has 2 saturated heterocycles. The molecule has 0 radical (unpaired) electrons. The zero-order chi connectivity index (χ0) is 18.9. The molecule has 3 rings (SSSR count). The largest absolute Gasteiger partial charge is 0.497 e. The Morgan fingerprint density at radius 2 is 2.08 bits per heavy atom. The highest BCUT2D eigenvalue weighted by Crippen LogP contribution is 2.46. The summed E-state index contributed by atoms with van der Waals surface area (Å²) in [6.45, 7) is 4.95. The molecule has 2 heterocycles. The zero-order valence-corrected chi connectivity index (χ0v) is 15.6. The van der Waals surface area contributed by atoms with E-state index in [1.165, 1.54) is 4.90 Å². The summed E-state index contributed by atoms with van der Waals surface area (Å²) in [5, 5.41) is 9.32. The van der Waals surface area contributed by atoms with Gasteiger partial charge in [-0.05, 0) is 24.1 Å². The van der Waals surface area contributed by atoms with Crippen molar-refractivity contribution in [3.05, 3.63) is 29.8 Å². The van der Waals surface area contributed by atoms with Gasteiger partial charge in [-0.15, -0.1) is 0 Å². The van der Waals surface area contributed by atoms with Crippen LogP contribution in [-0.4, -0.2) is 46.8 Å². The maximum Gasteiger partial charge on any atom is 0.232 e. The number of methoxy groups -OCH3 is 1. The summed E-state index contributed by atoms with van der Waals surface area (Å²) in [5.41, 5.74) is 0.607. The highest BCUT2D eigenvalue weighted by molar-refractivity contribution is 5.99. The van der Waals surface area contributed by atoms with Gasteiger partial charge in [-0.25, -0.2) is 0 Å². The average molecular weight is 355 g/mol. The Kier molecular flexibility index (Phi) is 5.01. The number of imide groups is 1. The molecule has 26 heavy (non-hydrogen) atoms. The third-order valence-corrected chi connectivity index (χ3v) is 5.55. The maximum atomic E-state index is 12.6.